The van der Waals surface area contributed by atoms with Crippen molar-refractivity contribution < 1.29 is 32.7 Å². The molecule has 5 aromatic rings. The number of nitrogens with zero attached hydrogens (tertiary/aromatic N) is 3. The number of amides is 2. The van der Waals surface area contributed by atoms with Crippen molar-refractivity contribution in [3.05, 3.63) is 96.7 Å². The molecule has 0 spiro atoms. The Morgan fingerprint density at radius 1 is 1.02 bits per heavy atom. The van der Waals surface area contributed by atoms with Crippen LogP contribution in [0.1, 0.15) is 22.0 Å². The number of aliphatic carboxylic acids is 1. The van der Waals surface area contributed by atoms with E-state index in [1.54, 1.807) is 41.7 Å². The zero-order chi connectivity index (χ0) is 28.7. The molecule has 0 radical (unpaired) electrons. The summed E-state index contributed by atoms with van der Waals surface area (Å²) in [5, 5.41) is 20.2. The number of hydrogen-bond donors (Lipinski definition) is 4. The molecule has 0 bridgehead atoms. The zero-order valence-corrected chi connectivity index (χ0v) is 20.7. The number of pyridine rings is 1. The SMILES string of the molecule is O=C(Cn1cccn1)NCC(NC(=O)c1cncc2[nH]ccc12)c1ccc2ccccc2c1.O=C(O)C(F)(F)F. The van der Waals surface area contributed by atoms with Gasteiger partial charge in [-0.1, -0.05) is 36.4 Å². The van der Waals surface area contributed by atoms with Crippen molar-refractivity contribution in [2.24, 2.45) is 0 Å². The van der Waals surface area contributed by atoms with Gasteiger partial charge in [0, 0.05) is 36.7 Å². The number of benzene rings is 2. The van der Waals surface area contributed by atoms with Gasteiger partial charge in [0.25, 0.3) is 5.91 Å². The van der Waals surface area contributed by atoms with Crippen molar-refractivity contribution in [1.29, 1.82) is 0 Å². The molecule has 40 heavy (non-hydrogen) atoms. The third-order valence-corrected chi connectivity index (χ3v) is 5.81. The van der Waals surface area contributed by atoms with Gasteiger partial charge in [-0.05, 0) is 34.5 Å². The molecule has 1 unspecified atom stereocenters. The molecule has 5 rings (SSSR count). The second kappa shape index (κ2) is 12.1. The molecule has 0 aliphatic rings. The summed E-state index contributed by atoms with van der Waals surface area (Å²) in [4.78, 5) is 41.8. The van der Waals surface area contributed by atoms with Crippen molar-refractivity contribution in [2.75, 3.05) is 6.54 Å². The summed E-state index contributed by atoms with van der Waals surface area (Å²) in [6, 6.07) is 17.2. The molecule has 10 nitrogen and oxygen atoms in total. The predicted molar refractivity (Wildman–Crippen MR) is 139 cm³/mol. The summed E-state index contributed by atoms with van der Waals surface area (Å²) in [6.07, 6.45) is 3.29. The second-order valence-electron chi connectivity index (χ2n) is 8.57. The molecule has 1 atom stereocenters. The van der Waals surface area contributed by atoms with Crippen LogP contribution in [0.4, 0.5) is 13.2 Å². The third kappa shape index (κ3) is 7.01. The smallest absolute Gasteiger partial charge is 0.475 e. The number of fused-ring (bicyclic) bond motifs is 2. The Bertz CT molecular complexity index is 1630. The van der Waals surface area contributed by atoms with Crippen LogP contribution < -0.4 is 10.6 Å². The number of alkyl halides is 3. The molecular formula is C27H23F3N6O4. The molecule has 206 valence electrons. The maximum absolute atomic E-state index is 13.2. The molecule has 0 aliphatic heterocycles. The van der Waals surface area contributed by atoms with Crippen LogP contribution in [0.2, 0.25) is 0 Å². The Hall–Kier alpha value is -5.20. The van der Waals surface area contributed by atoms with E-state index in [0.717, 1.165) is 27.2 Å². The van der Waals surface area contributed by atoms with Crippen LogP contribution >= 0.6 is 0 Å². The number of H-pyrrole nitrogens is 1. The topological polar surface area (TPSA) is 142 Å². The quantitative estimate of drug-likeness (QED) is 0.242. The van der Waals surface area contributed by atoms with E-state index in [1.807, 2.05) is 48.5 Å². The summed E-state index contributed by atoms with van der Waals surface area (Å²) in [6.45, 7) is 0.346. The maximum atomic E-state index is 13.2. The number of carboxylic acid groups (broad SMARTS) is 1. The lowest BCUT2D eigenvalue weighted by Crippen LogP contribution is -2.39. The summed E-state index contributed by atoms with van der Waals surface area (Å²) in [5.41, 5.74) is 2.16. The van der Waals surface area contributed by atoms with E-state index in [2.05, 4.69) is 25.7 Å². The van der Waals surface area contributed by atoms with Gasteiger partial charge in [0.1, 0.15) is 6.54 Å². The highest BCUT2D eigenvalue weighted by Gasteiger charge is 2.38. The third-order valence-electron chi connectivity index (χ3n) is 5.81. The minimum Gasteiger partial charge on any atom is -0.475 e. The van der Waals surface area contributed by atoms with Crippen LogP contribution in [0.3, 0.4) is 0 Å². The van der Waals surface area contributed by atoms with Gasteiger partial charge >= 0.3 is 12.1 Å². The Balaban J connectivity index is 0.000000470. The van der Waals surface area contributed by atoms with Gasteiger partial charge in [-0.2, -0.15) is 18.3 Å². The van der Waals surface area contributed by atoms with Crippen molar-refractivity contribution in [3.63, 3.8) is 0 Å². The number of nitrogens with one attached hydrogen (secondary N) is 3. The van der Waals surface area contributed by atoms with Crippen molar-refractivity contribution in [2.45, 2.75) is 18.8 Å². The summed E-state index contributed by atoms with van der Waals surface area (Å²) in [5.74, 6) is -3.20. The fourth-order valence-corrected chi connectivity index (χ4v) is 3.89. The number of carboxylic acids is 1. The number of carbonyl (C=O) groups is 3. The number of aromatic amines is 1. The van der Waals surface area contributed by atoms with Crippen LogP contribution in [0.25, 0.3) is 21.7 Å². The molecule has 2 amide bonds. The van der Waals surface area contributed by atoms with Crippen molar-refractivity contribution in [3.8, 4) is 0 Å². The van der Waals surface area contributed by atoms with Gasteiger partial charge in [-0.15, -0.1) is 0 Å². The van der Waals surface area contributed by atoms with E-state index in [9.17, 15) is 22.8 Å². The highest BCUT2D eigenvalue weighted by molar-refractivity contribution is 6.06. The number of carbonyl (C=O) groups excluding carboxylic acids is 2. The molecule has 0 fully saturated rings. The van der Waals surface area contributed by atoms with Gasteiger partial charge in [0.15, 0.2) is 0 Å². The van der Waals surface area contributed by atoms with Crippen LogP contribution in [0.5, 0.6) is 0 Å². The molecule has 2 aromatic carbocycles. The van der Waals surface area contributed by atoms with Crippen molar-refractivity contribution >= 4 is 39.5 Å². The summed E-state index contributed by atoms with van der Waals surface area (Å²) in [7, 11) is 0. The van der Waals surface area contributed by atoms with E-state index in [-0.39, 0.29) is 24.9 Å². The molecule has 3 aromatic heterocycles. The van der Waals surface area contributed by atoms with Gasteiger partial charge in [-0.25, -0.2) is 4.79 Å². The monoisotopic (exact) mass is 552 g/mol. The number of hydrogen-bond acceptors (Lipinski definition) is 5. The number of halogens is 3. The zero-order valence-electron chi connectivity index (χ0n) is 20.7. The van der Waals surface area contributed by atoms with E-state index < -0.39 is 18.2 Å². The molecule has 3 heterocycles. The highest BCUT2D eigenvalue weighted by Crippen LogP contribution is 2.22. The van der Waals surface area contributed by atoms with Gasteiger partial charge in [0.05, 0.1) is 23.3 Å². The highest BCUT2D eigenvalue weighted by atomic mass is 19.4. The molecule has 0 saturated carbocycles. The molecule has 13 heteroatoms. The minimum absolute atomic E-state index is 0.109. The Morgan fingerprint density at radius 3 is 2.48 bits per heavy atom. The fourth-order valence-electron chi connectivity index (χ4n) is 3.89. The minimum atomic E-state index is -5.08. The Kier molecular flexibility index (Phi) is 8.42. The fraction of sp³-hybridized carbons (Fsp3) is 0.148. The molecular weight excluding hydrogens is 529 g/mol. The van der Waals surface area contributed by atoms with Crippen LogP contribution in [0.15, 0.2) is 85.6 Å². The molecule has 4 N–H and O–H groups in total. The van der Waals surface area contributed by atoms with E-state index >= 15 is 0 Å². The average Bonchev–Trinajstić information content (AvgIpc) is 3.62. The first-order chi connectivity index (χ1) is 19.1. The van der Waals surface area contributed by atoms with Crippen LogP contribution in [-0.4, -0.2) is 55.4 Å². The molecule has 0 saturated heterocycles. The molecule has 0 aliphatic carbocycles. The summed E-state index contributed by atoms with van der Waals surface area (Å²) < 4.78 is 33.3. The first-order valence-electron chi connectivity index (χ1n) is 11.9. The Morgan fingerprint density at radius 2 is 1.77 bits per heavy atom. The first-order valence-corrected chi connectivity index (χ1v) is 11.9. The van der Waals surface area contributed by atoms with Gasteiger partial charge in [0.2, 0.25) is 5.91 Å². The largest absolute Gasteiger partial charge is 0.490 e. The lowest BCUT2D eigenvalue weighted by atomic mass is 10.0. The summed E-state index contributed by atoms with van der Waals surface area (Å²) >= 11 is 0. The van der Waals surface area contributed by atoms with Crippen molar-refractivity contribution in [1.82, 2.24) is 30.4 Å². The lowest BCUT2D eigenvalue weighted by Gasteiger charge is -2.21. The average molecular weight is 553 g/mol. The first kappa shape index (κ1) is 27.8. The van der Waals surface area contributed by atoms with Crippen LogP contribution in [0, 0.1) is 0 Å². The van der Waals surface area contributed by atoms with Crippen LogP contribution in [-0.2, 0) is 16.1 Å². The van der Waals surface area contributed by atoms with E-state index in [0.29, 0.717) is 5.56 Å². The number of rotatable bonds is 7. The standard InChI is InChI=1S/C25H22N6O2.C2HF3O2/c32-24(16-31-11-3-9-29-31)28-15-22(19-7-6-17-4-1-2-5-18(17)12-19)30-25(33)21-13-26-14-23-20(21)8-10-27-23;3-2(4,5)1(6)7/h1-14,22,27H,15-16H2,(H,28,32)(H,30,33);(H,6,7). The Labute approximate surface area is 224 Å². The van der Waals surface area contributed by atoms with E-state index in [1.165, 1.54) is 0 Å². The van der Waals surface area contributed by atoms with Gasteiger partial charge in [-0.3, -0.25) is 19.3 Å². The maximum Gasteiger partial charge on any atom is 0.490 e. The lowest BCUT2D eigenvalue weighted by molar-refractivity contribution is -0.192. The van der Waals surface area contributed by atoms with Gasteiger partial charge < -0.3 is 20.7 Å². The second-order valence-corrected chi connectivity index (χ2v) is 8.57. The number of aromatic nitrogens is 4. The normalized spacial score (nSPS) is 11.9. The predicted octanol–water partition coefficient (Wildman–Crippen LogP) is 3.83. The van der Waals surface area contributed by atoms with E-state index in [4.69, 9.17) is 9.90 Å².